The first-order valence-electron chi connectivity index (χ1n) is 8.92. The molecular weight excluding hydrogens is 320 g/mol. The molecule has 2 saturated heterocycles. The average Bonchev–Trinajstić information content (AvgIpc) is 2.68. The predicted molar refractivity (Wildman–Crippen MR) is 96.0 cm³/mol. The molecular formula is C18H26N4O3. The molecule has 0 aliphatic carbocycles. The number of piperazine rings is 1. The molecule has 1 aromatic rings. The van der Waals surface area contributed by atoms with Crippen LogP contribution in [0, 0.1) is 0 Å². The van der Waals surface area contributed by atoms with Gasteiger partial charge < -0.3 is 24.8 Å². The van der Waals surface area contributed by atoms with Gasteiger partial charge in [0.25, 0.3) is 0 Å². The van der Waals surface area contributed by atoms with E-state index in [0.717, 1.165) is 25.9 Å². The van der Waals surface area contributed by atoms with Gasteiger partial charge in [0.1, 0.15) is 5.75 Å². The number of ether oxygens (including phenoxy) is 1. The van der Waals surface area contributed by atoms with Crippen molar-refractivity contribution in [2.24, 2.45) is 0 Å². The summed E-state index contributed by atoms with van der Waals surface area (Å²) in [7, 11) is 1.58. The van der Waals surface area contributed by atoms with E-state index in [1.807, 2.05) is 34.1 Å². The maximum Gasteiger partial charge on any atom is 0.322 e. The van der Waals surface area contributed by atoms with Crippen molar-refractivity contribution in [1.82, 2.24) is 14.7 Å². The first kappa shape index (κ1) is 17.4. The first-order valence-corrected chi connectivity index (χ1v) is 8.92. The standard InChI is InChI=1S/C18H26N4O3/c1-25-16-8-4-3-7-15(16)19-17(23)20-11-13-22(14-12-20)18(24)21-9-5-2-6-10-21/h3-4,7-8H,2,5-6,9-14H2,1H3,(H,19,23). The van der Waals surface area contributed by atoms with Crippen molar-refractivity contribution in [3.63, 3.8) is 0 Å². The molecule has 0 spiro atoms. The van der Waals surface area contributed by atoms with Gasteiger partial charge in [-0.15, -0.1) is 0 Å². The number of benzene rings is 1. The Kier molecular flexibility index (Phi) is 5.63. The Hall–Kier alpha value is -2.44. The Balaban J connectivity index is 1.51. The highest BCUT2D eigenvalue weighted by Gasteiger charge is 2.28. The predicted octanol–water partition coefficient (Wildman–Crippen LogP) is 2.45. The smallest absolute Gasteiger partial charge is 0.322 e. The molecule has 3 rings (SSSR count). The third kappa shape index (κ3) is 4.15. The number of carbonyl (C=O) groups is 2. The summed E-state index contributed by atoms with van der Waals surface area (Å²) in [6.07, 6.45) is 3.39. The number of likely N-dealkylation sites (tertiary alicyclic amines) is 1. The molecule has 0 atom stereocenters. The van der Waals surface area contributed by atoms with Gasteiger partial charge in [-0.05, 0) is 31.4 Å². The zero-order valence-electron chi connectivity index (χ0n) is 14.7. The molecule has 0 aromatic heterocycles. The number of nitrogens with one attached hydrogen (secondary N) is 1. The summed E-state index contributed by atoms with van der Waals surface area (Å²) in [6.45, 7) is 3.95. The number of piperidine rings is 1. The van der Waals surface area contributed by atoms with Crippen molar-refractivity contribution in [1.29, 1.82) is 0 Å². The minimum Gasteiger partial charge on any atom is -0.495 e. The molecule has 1 N–H and O–H groups in total. The van der Waals surface area contributed by atoms with Gasteiger partial charge in [0, 0.05) is 39.3 Å². The van der Waals surface area contributed by atoms with Crippen LogP contribution in [0.3, 0.4) is 0 Å². The number of anilines is 1. The number of nitrogens with zero attached hydrogens (tertiary/aromatic N) is 3. The van der Waals surface area contributed by atoms with E-state index in [1.54, 1.807) is 12.0 Å². The van der Waals surface area contributed by atoms with Gasteiger partial charge in [-0.3, -0.25) is 0 Å². The van der Waals surface area contributed by atoms with Crippen LogP contribution in [0.25, 0.3) is 0 Å². The van der Waals surface area contributed by atoms with Crippen LogP contribution >= 0.6 is 0 Å². The van der Waals surface area contributed by atoms with Gasteiger partial charge in [-0.2, -0.15) is 0 Å². The van der Waals surface area contributed by atoms with Crippen LogP contribution in [0.5, 0.6) is 5.75 Å². The summed E-state index contributed by atoms with van der Waals surface area (Å²) >= 11 is 0. The van der Waals surface area contributed by atoms with Gasteiger partial charge >= 0.3 is 12.1 Å². The van der Waals surface area contributed by atoms with Gasteiger partial charge in [-0.1, -0.05) is 12.1 Å². The van der Waals surface area contributed by atoms with Gasteiger partial charge in [0.15, 0.2) is 0 Å². The summed E-state index contributed by atoms with van der Waals surface area (Å²) in [6, 6.07) is 7.30. The fraction of sp³-hybridized carbons (Fsp3) is 0.556. The molecule has 0 unspecified atom stereocenters. The molecule has 136 valence electrons. The van der Waals surface area contributed by atoms with Gasteiger partial charge in [-0.25, -0.2) is 9.59 Å². The highest BCUT2D eigenvalue weighted by molar-refractivity contribution is 5.91. The quantitative estimate of drug-likeness (QED) is 0.894. The third-order valence-corrected chi connectivity index (χ3v) is 4.81. The molecule has 25 heavy (non-hydrogen) atoms. The second-order valence-electron chi connectivity index (χ2n) is 6.43. The lowest BCUT2D eigenvalue weighted by atomic mass is 10.1. The monoisotopic (exact) mass is 346 g/mol. The van der Waals surface area contributed by atoms with Crippen LogP contribution in [-0.2, 0) is 0 Å². The number of carbonyl (C=O) groups excluding carboxylic acids is 2. The first-order chi connectivity index (χ1) is 12.2. The zero-order valence-corrected chi connectivity index (χ0v) is 14.7. The molecule has 1 aromatic carbocycles. The minimum atomic E-state index is -0.158. The zero-order chi connectivity index (χ0) is 17.6. The number of hydrogen-bond acceptors (Lipinski definition) is 3. The lowest BCUT2D eigenvalue weighted by Crippen LogP contribution is -2.55. The van der Waals surface area contributed by atoms with Crippen LogP contribution in [0.2, 0.25) is 0 Å². The normalized spacial score (nSPS) is 18.0. The topological polar surface area (TPSA) is 65.1 Å². The van der Waals surface area contributed by atoms with E-state index in [0.29, 0.717) is 37.6 Å². The van der Waals surface area contributed by atoms with E-state index in [4.69, 9.17) is 4.74 Å². The Labute approximate surface area is 148 Å². The van der Waals surface area contributed by atoms with E-state index < -0.39 is 0 Å². The highest BCUT2D eigenvalue weighted by atomic mass is 16.5. The van der Waals surface area contributed by atoms with Gasteiger partial charge in [0.05, 0.1) is 12.8 Å². The molecule has 7 heteroatoms. The highest BCUT2D eigenvalue weighted by Crippen LogP contribution is 2.23. The van der Waals surface area contributed by atoms with E-state index in [2.05, 4.69) is 5.32 Å². The van der Waals surface area contributed by atoms with Crippen molar-refractivity contribution >= 4 is 17.7 Å². The van der Waals surface area contributed by atoms with E-state index in [-0.39, 0.29) is 12.1 Å². The maximum absolute atomic E-state index is 12.5. The number of hydrogen-bond donors (Lipinski definition) is 1. The summed E-state index contributed by atoms with van der Waals surface area (Å²) < 4.78 is 5.26. The van der Waals surface area contributed by atoms with Crippen LogP contribution in [-0.4, -0.2) is 73.1 Å². The van der Waals surface area contributed by atoms with Crippen LogP contribution in [0.4, 0.5) is 15.3 Å². The number of methoxy groups -OCH3 is 1. The van der Waals surface area contributed by atoms with E-state index in [1.165, 1.54) is 6.42 Å². The van der Waals surface area contributed by atoms with Crippen molar-refractivity contribution in [2.45, 2.75) is 19.3 Å². The molecule has 2 aliphatic heterocycles. The summed E-state index contributed by atoms with van der Waals surface area (Å²) in [5.41, 5.74) is 0.654. The van der Waals surface area contributed by atoms with Gasteiger partial charge in [0.2, 0.25) is 0 Å². The third-order valence-electron chi connectivity index (χ3n) is 4.81. The SMILES string of the molecule is COc1ccccc1NC(=O)N1CCN(C(=O)N2CCCCC2)CC1. The summed E-state index contributed by atoms with van der Waals surface area (Å²) in [5.74, 6) is 0.634. The van der Waals surface area contributed by atoms with Crippen molar-refractivity contribution in [3.05, 3.63) is 24.3 Å². The second-order valence-corrected chi connectivity index (χ2v) is 6.43. The minimum absolute atomic E-state index is 0.115. The Morgan fingerprint density at radius 3 is 2.16 bits per heavy atom. The summed E-state index contributed by atoms with van der Waals surface area (Å²) in [5, 5.41) is 2.89. The maximum atomic E-state index is 12.5. The molecule has 0 radical (unpaired) electrons. The van der Waals surface area contributed by atoms with E-state index in [9.17, 15) is 9.59 Å². The van der Waals surface area contributed by atoms with Crippen molar-refractivity contribution < 1.29 is 14.3 Å². The van der Waals surface area contributed by atoms with Crippen molar-refractivity contribution in [2.75, 3.05) is 51.7 Å². The molecule has 2 aliphatic rings. The second kappa shape index (κ2) is 8.09. The molecule has 2 fully saturated rings. The van der Waals surface area contributed by atoms with Crippen LogP contribution in [0.1, 0.15) is 19.3 Å². The largest absolute Gasteiger partial charge is 0.495 e. The fourth-order valence-corrected chi connectivity index (χ4v) is 3.33. The number of para-hydroxylation sites is 2. The van der Waals surface area contributed by atoms with E-state index >= 15 is 0 Å². The molecule has 0 bridgehead atoms. The lowest BCUT2D eigenvalue weighted by Gasteiger charge is -2.38. The Bertz CT molecular complexity index is 608. The molecule has 4 amide bonds. The lowest BCUT2D eigenvalue weighted by molar-refractivity contribution is 0.116. The van der Waals surface area contributed by atoms with Crippen LogP contribution in [0.15, 0.2) is 24.3 Å². The molecule has 2 heterocycles. The number of rotatable bonds is 2. The molecule has 7 nitrogen and oxygen atoms in total. The summed E-state index contributed by atoms with van der Waals surface area (Å²) in [4.78, 5) is 30.5. The fourth-order valence-electron chi connectivity index (χ4n) is 3.33. The number of amides is 4. The number of urea groups is 2. The average molecular weight is 346 g/mol. The molecule has 0 saturated carbocycles. The van der Waals surface area contributed by atoms with Crippen LogP contribution < -0.4 is 10.1 Å². The Morgan fingerprint density at radius 2 is 1.48 bits per heavy atom. The van der Waals surface area contributed by atoms with Crippen molar-refractivity contribution in [3.8, 4) is 5.75 Å². The Morgan fingerprint density at radius 1 is 0.880 bits per heavy atom.